The molecule has 2 unspecified atom stereocenters. The maximum absolute atomic E-state index is 12.9. The van der Waals surface area contributed by atoms with Gasteiger partial charge in [0.15, 0.2) is 0 Å². The first-order chi connectivity index (χ1) is 16.4. The molecule has 1 N–H and O–H groups in total. The first-order valence-electron chi connectivity index (χ1n) is 11.1. The molecule has 1 fully saturated rings. The van der Waals surface area contributed by atoms with E-state index in [0.717, 1.165) is 17.7 Å². The van der Waals surface area contributed by atoms with Gasteiger partial charge in [0.05, 0.1) is 24.8 Å². The highest BCUT2D eigenvalue weighted by Gasteiger charge is 2.39. The zero-order valence-corrected chi connectivity index (χ0v) is 19.5. The maximum Gasteiger partial charge on any atom is 0.416 e. The number of likely N-dealkylation sites (tertiary alicyclic amines) is 1. The molecule has 186 valence electrons. The number of aliphatic hydroxyl groups is 1. The molecular formula is C24H26F3N5O3. The monoisotopic (exact) mass is 489 g/mol. The quantitative estimate of drug-likeness (QED) is 0.593. The predicted molar refractivity (Wildman–Crippen MR) is 120 cm³/mol. The number of hydrogen-bond acceptors (Lipinski definition) is 6. The fourth-order valence-corrected chi connectivity index (χ4v) is 3.87. The summed E-state index contributed by atoms with van der Waals surface area (Å²) in [6.45, 7) is 5.55. The Balaban J connectivity index is 1.51. The van der Waals surface area contributed by atoms with Gasteiger partial charge in [0, 0.05) is 5.56 Å². The van der Waals surface area contributed by atoms with Gasteiger partial charge in [0.1, 0.15) is 11.6 Å². The first-order valence-corrected chi connectivity index (χ1v) is 11.1. The van der Waals surface area contributed by atoms with Crippen molar-refractivity contribution < 1.29 is 27.8 Å². The third kappa shape index (κ3) is 5.79. The van der Waals surface area contributed by atoms with E-state index < -0.39 is 35.6 Å². The number of amides is 1. The summed E-state index contributed by atoms with van der Waals surface area (Å²) in [4.78, 5) is 15.1. The van der Waals surface area contributed by atoms with Crippen LogP contribution in [0.5, 0.6) is 0 Å². The molecule has 35 heavy (non-hydrogen) atoms. The second kappa shape index (κ2) is 9.29. The van der Waals surface area contributed by atoms with E-state index in [1.54, 1.807) is 32.9 Å². The van der Waals surface area contributed by atoms with Crippen molar-refractivity contribution in [1.82, 2.24) is 25.1 Å². The van der Waals surface area contributed by atoms with Crippen LogP contribution < -0.4 is 0 Å². The number of carbonyl (C=O) groups is 1. The van der Waals surface area contributed by atoms with Gasteiger partial charge in [-0.05, 0) is 55.7 Å². The molecule has 3 aromatic rings. The zero-order chi connectivity index (χ0) is 25.4. The molecule has 2 heterocycles. The van der Waals surface area contributed by atoms with Crippen LogP contribution in [0.3, 0.4) is 0 Å². The van der Waals surface area contributed by atoms with Crippen molar-refractivity contribution in [1.29, 1.82) is 0 Å². The Morgan fingerprint density at radius 1 is 1.09 bits per heavy atom. The van der Waals surface area contributed by atoms with Gasteiger partial charge in [-0.2, -0.15) is 18.0 Å². The van der Waals surface area contributed by atoms with E-state index in [-0.39, 0.29) is 13.1 Å². The number of benzene rings is 2. The molecule has 2 atom stereocenters. The standard InChI is InChI=1S/C24H26F3N5O3/c1-23(2,3)35-22(34)31-13-19(20(33)14-31)32-29-21(28-30-32)18-7-5-4-6-16(18)12-15-8-10-17(11-9-15)24(25,26)27/h4-11,19-20,33H,12-14H2,1-3H3. The van der Waals surface area contributed by atoms with Crippen LogP contribution in [0.25, 0.3) is 11.4 Å². The lowest BCUT2D eigenvalue weighted by molar-refractivity contribution is -0.137. The summed E-state index contributed by atoms with van der Waals surface area (Å²) < 4.78 is 44.0. The van der Waals surface area contributed by atoms with Gasteiger partial charge in [0.25, 0.3) is 0 Å². The van der Waals surface area contributed by atoms with Crippen LogP contribution in [0.15, 0.2) is 48.5 Å². The molecule has 0 bridgehead atoms. The number of β-amino-alcohol motifs (C(OH)–C–C–N with tert-alkyl or cyclic N) is 1. The Bertz CT molecular complexity index is 1190. The Morgan fingerprint density at radius 2 is 1.77 bits per heavy atom. The average molecular weight is 489 g/mol. The van der Waals surface area contributed by atoms with Gasteiger partial charge < -0.3 is 14.7 Å². The lowest BCUT2D eigenvalue weighted by Gasteiger charge is -2.24. The summed E-state index contributed by atoms with van der Waals surface area (Å²) >= 11 is 0. The molecule has 1 amide bonds. The highest BCUT2D eigenvalue weighted by molar-refractivity contribution is 5.68. The number of ether oxygens (including phenoxy) is 1. The second-order valence-corrected chi connectivity index (χ2v) is 9.48. The van der Waals surface area contributed by atoms with Crippen LogP contribution in [-0.4, -0.2) is 61.1 Å². The van der Waals surface area contributed by atoms with E-state index in [4.69, 9.17) is 4.74 Å². The molecule has 1 aliphatic heterocycles. The molecule has 4 rings (SSSR count). The molecule has 0 aliphatic carbocycles. The van der Waals surface area contributed by atoms with E-state index in [0.29, 0.717) is 23.4 Å². The van der Waals surface area contributed by atoms with Gasteiger partial charge in [-0.1, -0.05) is 36.4 Å². The largest absolute Gasteiger partial charge is 0.444 e. The minimum Gasteiger partial charge on any atom is -0.444 e. The van der Waals surface area contributed by atoms with Crippen LogP contribution in [0.1, 0.15) is 43.5 Å². The van der Waals surface area contributed by atoms with E-state index in [1.165, 1.54) is 21.8 Å². The summed E-state index contributed by atoms with van der Waals surface area (Å²) in [5.41, 5.74) is 0.839. The van der Waals surface area contributed by atoms with E-state index >= 15 is 0 Å². The van der Waals surface area contributed by atoms with Crippen LogP contribution >= 0.6 is 0 Å². The molecule has 11 heteroatoms. The SMILES string of the molecule is CC(C)(C)OC(=O)N1CC(O)C(n2nnc(-c3ccccc3Cc3ccc(C(F)(F)F)cc3)n2)C1. The smallest absolute Gasteiger partial charge is 0.416 e. The van der Waals surface area contributed by atoms with Crippen molar-refractivity contribution in [2.45, 2.75) is 51.1 Å². The Morgan fingerprint density at radius 3 is 2.43 bits per heavy atom. The van der Waals surface area contributed by atoms with Crippen molar-refractivity contribution >= 4 is 6.09 Å². The molecule has 0 radical (unpaired) electrons. The van der Waals surface area contributed by atoms with Gasteiger partial charge >= 0.3 is 12.3 Å². The minimum atomic E-state index is -4.39. The minimum absolute atomic E-state index is 0.0843. The fraction of sp³-hybridized carbons (Fsp3) is 0.417. The van der Waals surface area contributed by atoms with Crippen molar-refractivity contribution in [2.75, 3.05) is 13.1 Å². The van der Waals surface area contributed by atoms with E-state index in [1.807, 2.05) is 12.1 Å². The Kier molecular flexibility index (Phi) is 6.54. The van der Waals surface area contributed by atoms with Crippen molar-refractivity contribution in [2.24, 2.45) is 0 Å². The fourth-order valence-electron chi connectivity index (χ4n) is 3.87. The summed E-state index contributed by atoms with van der Waals surface area (Å²) in [6, 6.07) is 11.7. The molecule has 1 aliphatic rings. The molecule has 0 saturated carbocycles. The van der Waals surface area contributed by atoms with Crippen LogP contribution in [0, 0.1) is 0 Å². The summed E-state index contributed by atoms with van der Waals surface area (Å²) in [6.07, 6.45) is -5.43. The summed E-state index contributed by atoms with van der Waals surface area (Å²) in [7, 11) is 0. The van der Waals surface area contributed by atoms with E-state index in [2.05, 4.69) is 15.4 Å². The number of carbonyl (C=O) groups excluding carboxylic acids is 1. The number of rotatable bonds is 4. The van der Waals surface area contributed by atoms with Crippen LogP contribution in [0.4, 0.5) is 18.0 Å². The number of nitrogens with zero attached hydrogens (tertiary/aromatic N) is 5. The van der Waals surface area contributed by atoms with Crippen molar-refractivity contribution in [3.63, 3.8) is 0 Å². The van der Waals surface area contributed by atoms with Crippen molar-refractivity contribution in [3.8, 4) is 11.4 Å². The molecule has 0 spiro atoms. The maximum atomic E-state index is 12.9. The summed E-state index contributed by atoms with van der Waals surface area (Å²) in [5.74, 6) is 0.315. The Hall–Kier alpha value is -3.47. The van der Waals surface area contributed by atoms with Crippen LogP contribution in [-0.2, 0) is 17.3 Å². The molecule has 2 aromatic carbocycles. The van der Waals surface area contributed by atoms with Gasteiger partial charge in [-0.25, -0.2) is 4.79 Å². The number of aromatic nitrogens is 4. The average Bonchev–Trinajstić information content (AvgIpc) is 3.39. The molecule has 8 nitrogen and oxygen atoms in total. The van der Waals surface area contributed by atoms with Gasteiger partial charge in [-0.15, -0.1) is 10.2 Å². The highest BCUT2D eigenvalue weighted by Crippen LogP contribution is 2.30. The number of aliphatic hydroxyl groups excluding tert-OH is 1. The number of hydrogen-bond donors (Lipinski definition) is 1. The third-order valence-electron chi connectivity index (χ3n) is 5.57. The highest BCUT2D eigenvalue weighted by atomic mass is 19.4. The normalized spacial score (nSPS) is 18.7. The molecule has 1 aromatic heterocycles. The Labute approximate surface area is 200 Å². The van der Waals surface area contributed by atoms with Gasteiger partial charge in [0.2, 0.25) is 5.82 Å². The number of halogens is 3. The zero-order valence-electron chi connectivity index (χ0n) is 19.5. The summed E-state index contributed by atoms with van der Waals surface area (Å²) in [5, 5.41) is 23.2. The third-order valence-corrected chi connectivity index (χ3v) is 5.57. The lowest BCUT2D eigenvalue weighted by Crippen LogP contribution is -2.36. The lowest BCUT2D eigenvalue weighted by atomic mass is 9.98. The number of alkyl halides is 3. The van der Waals surface area contributed by atoms with Crippen LogP contribution in [0.2, 0.25) is 0 Å². The topological polar surface area (TPSA) is 93.4 Å². The van der Waals surface area contributed by atoms with Gasteiger partial charge in [-0.3, -0.25) is 0 Å². The number of tetrazole rings is 1. The molecule has 1 saturated heterocycles. The second-order valence-electron chi connectivity index (χ2n) is 9.48. The van der Waals surface area contributed by atoms with Crippen molar-refractivity contribution in [3.05, 3.63) is 65.2 Å². The first kappa shape index (κ1) is 24.6. The molecular weight excluding hydrogens is 463 g/mol. The predicted octanol–water partition coefficient (Wildman–Crippen LogP) is 4.10. The van der Waals surface area contributed by atoms with E-state index in [9.17, 15) is 23.1 Å².